The number of thiophene rings is 1. The second kappa shape index (κ2) is 5.42. The van der Waals surface area contributed by atoms with Crippen LogP contribution in [0.3, 0.4) is 0 Å². The lowest BCUT2D eigenvalue weighted by molar-refractivity contribution is 0.127. The topological polar surface area (TPSA) is 48.2 Å². The van der Waals surface area contributed by atoms with Gasteiger partial charge >= 0.3 is 0 Å². The maximum atomic E-state index is 5.65. The first-order chi connectivity index (χ1) is 8.83. The van der Waals surface area contributed by atoms with Crippen LogP contribution in [0.5, 0.6) is 0 Å². The van der Waals surface area contributed by atoms with Crippen molar-refractivity contribution in [2.24, 2.45) is 0 Å². The van der Waals surface area contributed by atoms with Crippen LogP contribution < -0.4 is 0 Å². The van der Waals surface area contributed by atoms with Crippen LogP contribution in [-0.2, 0) is 10.5 Å². The van der Waals surface area contributed by atoms with Crippen LogP contribution in [0.25, 0.3) is 10.8 Å². The van der Waals surface area contributed by atoms with Crippen molar-refractivity contribution in [3.63, 3.8) is 0 Å². The average Bonchev–Trinajstić information content (AvgIpc) is 3.08. The van der Waals surface area contributed by atoms with Crippen molar-refractivity contribution >= 4 is 23.1 Å². The SMILES string of the molecule is CC1OCCC1SCc1nnc(-c2cccs2)o1. The summed E-state index contributed by atoms with van der Waals surface area (Å²) < 4.78 is 11.2. The lowest BCUT2D eigenvalue weighted by Gasteiger charge is -2.11. The molecule has 0 aliphatic carbocycles. The summed E-state index contributed by atoms with van der Waals surface area (Å²) in [5.74, 6) is 2.08. The molecule has 2 atom stereocenters. The summed E-state index contributed by atoms with van der Waals surface area (Å²) in [7, 11) is 0. The van der Waals surface area contributed by atoms with Gasteiger partial charge in [-0.25, -0.2) is 0 Å². The minimum atomic E-state index is 0.328. The summed E-state index contributed by atoms with van der Waals surface area (Å²) in [6.45, 7) is 2.98. The molecule has 0 spiro atoms. The minimum absolute atomic E-state index is 0.328. The highest BCUT2D eigenvalue weighted by Crippen LogP contribution is 2.30. The molecule has 2 aromatic rings. The van der Waals surface area contributed by atoms with Crippen LogP contribution in [0.1, 0.15) is 19.2 Å². The predicted molar refractivity (Wildman–Crippen MR) is 72.7 cm³/mol. The normalized spacial score (nSPS) is 23.6. The van der Waals surface area contributed by atoms with E-state index in [4.69, 9.17) is 9.15 Å². The average molecular weight is 282 g/mol. The van der Waals surface area contributed by atoms with Gasteiger partial charge in [-0.1, -0.05) is 6.07 Å². The summed E-state index contributed by atoms with van der Waals surface area (Å²) in [5, 5.41) is 10.7. The van der Waals surface area contributed by atoms with Crippen molar-refractivity contribution in [3.05, 3.63) is 23.4 Å². The van der Waals surface area contributed by atoms with Gasteiger partial charge in [-0.15, -0.1) is 33.3 Å². The number of rotatable bonds is 4. The Hall–Kier alpha value is -0.850. The lowest BCUT2D eigenvalue weighted by atomic mass is 10.3. The lowest BCUT2D eigenvalue weighted by Crippen LogP contribution is -2.13. The Morgan fingerprint density at radius 2 is 2.44 bits per heavy atom. The summed E-state index contributed by atoms with van der Waals surface area (Å²) in [6, 6.07) is 3.97. The second-order valence-corrected chi connectivity index (χ2v) is 6.37. The molecule has 0 amide bonds. The van der Waals surface area contributed by atoms with Crippen molar-refractivity contribution in [1.82, 2.24) is 10.2 Å². The van der Waals surface area contributed by atoms with Gasteiger partial charge in [0.2, 0.25) is 5.89 Å². The van der Waals surface area contributed by atoms with E-state index in [9.17, 15) is 0 Å². The molecule has 3 rings (SSSR count). The zero-order chi connectivity index (χ0) is 12.4. The van der Waals surface area contributed by atoms with Crippen LogP contribution in [0.2, 0.25) is 0 Å². The molecule has 2 aromatic heterocycles. The molecule has 3 heterocycles. The van der Waals surface area contributed by atoms with Crippen molar-refractivity contribution in [2.45, 2.75) is 30.5 Å². The zero-order valence-corrected chi connectivity index (χ0v) is 11.7. The third kappa shape index (κ3) is 2.60. The number of aromatic nitrogens is 2. The Labute approximate surface area is 114 Å². The molecule has 1 fully saturated rings. The molecule has 1 aliphatic rings. The van der Waals surface area contributed by atoms with Crippen LogP contribution in [-0.4, -0.2) is 28.2 Å². The van der Waals surface area contributed by atoms with E-state index in [1.165, 1.54) is 0 Å². The summed E-state index contributed by atoms with van der Waals surface area (Å²) in [5.41, 5.74) is 0. The summed E-state index contributed by atoms with van der Waals surface area (Å²) in [6.07, 6.45) is 1.44. The molecule has 0 radical (unpaired) electrons. The Kier molecular flexibility index (Phi) is 3.67. The maximum absolute atomic E-state index is 5.65. The highest BCUT2D eigenvalue weighted by Gasteiger charge is 2.25. The van der Waals surface area contributed by atoms with Gasteiger partial charge in [-0.05, 0) is 24.8 Å². The van der Waals surface area contributed by atoms with Gasteiger partial charge in [0.05, 0.1) is 16.7 Å². The second-order valence-electron chi connectivity index (χ2n) is 4.19. The molecular formula is C12H14N2O2S2. The largest absolute Gasteiger partial charge is 0.419 e. The molecule has 0 bridgehead atoms. The number of ether oxygens (including phenoxy) is 1. The van der Waals surface area contributed by atoms with Gasteiger partial charge in [-0.2, -0.15) is 0 Å². The Morgan fingerprint density at radius 3 is 3.17 bits per heavy atom. The summed E-state index contributed by atoms with van der Waals surface area (Å²) >= 11 is 3.45. The van der Waals surface area contributed by atoms with E-state index >= 15 is 0 Å². The smallest absolute Gasteiger partial charge is 0.257 e. The van der Waals surface area contributed by atoms with Crippen molar-refractivity contribution in [3.8, 4) is 10.8 Å². The van der Waals surface area contributed by atoms with Crippen molar-refractivity contribution < 1.29 is 9.15 Å². The number of nitrogens with zero attached hydrogens (tertiary/aromatic N) is 2. The molecule has 2 unspecified atom stereocenters. The molecule has 6 heteroatoms. The standard InChI is InChI=1S/C12H14N2O2S2/c1-8-9(4-5-15-8)18-7-11-13-14-12(16-11)10-3-2-6-17-10/h2-3,6,8-9H,4-5,7H2,1H3. The fourth-order valence-corrected chi connectivity index (χ4v) is 3.65. The minimum Gasteiger partial charge on any atom is -0.419 e. The van der Waals surface area contributed by atoms with Gasteiger partial charge in [0.25, 0.3) is 5.89 Å². The van der Waals surface area contributed by atoms with Crippen LogP contribution in [0.4, 0.5) is 0 Å². The Bertz CT molecular complexity index is 498. The van der Waals surface area contributed by atoms with E-state index in [1.807, 2.05) is 29.3 Å². The van der Waals surface area contributed by atoms with E-state index in [2.05, 4.69) is 17.1 Å². The quantitative estimate of drug-likeness (QED) is 0.861. The van der Waals surface area contributed by atoms with E-state index in [0.717, 1.165) is 23.7 Å². The molecule has 0 saturated carbocycles. The fraction of sp³-hybridized carbons (Fsp3) is 0.500. The van der Waals surface area contributed by atoms with Crippen molar-refractivity contribution in [1.29, 1.82) is 0 Å². The monoisotopic (exact) mass is 282 g/mol. The zero-order valence-electron chi connectivity index (χ0n) is 10.0. The Balaban J connectivity index is 1.60. The number of hydrogen-bond acceptors (Lipinski definition) is 6. The van der Waals surface area contributed by atoms with E-state index < -0.39 is 0 Å². The third-order valence-corrected chi connectivity index (χ3v) is 5.24. The van der Waals surface area contributed by atoms with E-state index in [0.29, 0.717) is 23.1 Å². The number of hydrogen-bond donors (Lipinski definition) is 0. The van der Waals surface area contributed by atoms with E-state index in [-0.39, 0.29) is 0 Å². The van der Waals surface area contributed by atoms with E-state index in [1.54, 1.807) is 11.3 Å². The molecule has 18 heavy (non-hydrogen) atoms. The van der Waals surface area contributed by atoms with Gasteiger partial charge in [0, 0.05) is 11.9 Å². The first-order valence-electron chi connectivity index (χ1n) is 5.92. The van der Waals surface area contributed by atoms with Gasteiger partial charge < -0.3 is 9.15 Å². The van der Waals surface area contributed by atoms with Gasteiger partial charge in [-0.3, -0.25) is 0 Å². The van der Waals surface area contributed by atoms with Gasteiger partial charge in [0.15, 0.2) is 0 Å². The summed E-state index contributed by atoms with van der Waals surface area (Å²) in [4.78, 5) is 1.02. The fourth-order valence-electron chi connectivity index (χ4n) is 1.92. The molecule has 4 nitrogen and oxygen atoms in total. The maximum Gasteiger partial charge on any atom is 0.257 e. The van der Waals surface area contributed by atoms with Crippen LogP contribution in [0.15, 0.2) is 21.9 Å². The molecule has 0 N–H and O–H groups in total. The Morgan fingerprint density at radius 1 is 1.50 bits per heavy atom. The van der Waals surface area contributed by atoms with Crippen molar-refractivity contribution in [2.75, 3.05) is 6.61 Å². The van der Waals surface area contributed by atoms with Gasteiger partial charge in [0.1, 0.15) is 0 Å². The molecule has 96 valence electrons. The van der Waals surface area contributed by atoms with Crippen LogP contribution >= 0.6 is 23.1 Å². The first kappa shape index (κ1) is 12.2. The molecule has 0 aromatic carbocycles. The highest BCUT2D eigenvalue weighted by molar-refractivity contribution is 7.99. The third-order valence-electron chi connectivity index (χ3n) is 2.93. The molecular weight excluding hydrogens is 268 g/mol. The first-order valence-corrected chi connectivity index (χ1v) is 7.85. The highest BCUT2D eigenvalue weighted by atomic mass is 32.2. The predicted octanol–water partition coefficient (Wildman–Crippen LogP) is 3.21. The number of thioether (sulfide) groups is 1. The molecule has 1 aliphatic heterocycles. The van der Waals surface area contributed by atoms with Crippen LogP contribution in [0, 0.1) is 0 Å². The molecule has 1 saturated heterocycles.